The molecule has 27 heavy (non-hydrogen) atoms. The summed E-state index contributed by atoms with van der Waals surface area (Å²) >= 11 is 1.47. The highest BCUT2D eigenvalue weighted by atomic mass is 32.1. The molecule has 0 spiro atoms. The lowest BCUT2D eigenvalue weighted by atomic mass is 10.2. The van der Waals surface area contributed by atoms with Crippen molar-refractivity contribution < 1.29 is 18.7 Å². The van der Waals surface area contributed by atoms with Crippen molar-refractivity contribution >= 4 is 29.3 Å². The Morgan fingerprint density at radius 1 is 1.19 bits per heavy atom. The van der Waals surface area contributed by atoms with Gasteiger partial charge in [0.15, 0.2) is 6.10 Å². The van der Waals surface area contributed by atoms with Crippen LogP contribution in [0.25, 0.3) is 16.8 Å². The summed E-state index contributed by atoms with van der Waals surface area (Å²) in [6.07, 6.45) is 0.771. The molecule has 0 unspecified atom stereocenters. The molecule has 0 aliphatic rings. The van der Waals surface area contributed by atoms with E-state index in [0.29, 0.717) is 5.89 Å². The van der Waals surface area contributed by atoms with Crippen LogP contribution in [0.1, 0.15) is 31.4 Å². The SMILES string of the molecule is CC(=O)N/C(=C\c1ccccc1)C(=O)O[C@H](C)c1nnc(-c2cccs2)o1. The number of aromatic nitrogens is 2. The zero-order valence-corrected chi connectivity index (χ0v) is 15.5. The van der Waals surface area contributed by atoms with E-state index in [1.54, 1.807) is 13.0 Å². The zero-order chi connectivity index (χ0) is 19.2. The molecule has 0 aliphatic carbocycles. The molecule has 0 saturated heterocycles. The Labute approximate surface area is 159 Å². The molecule has 0 radical (unpaired) electrons. The summed E-state index contributed by atoms with van der Waals surface area (Å²) in [5.41, 5.74) is 0.780. The fourth-order valence-electron chi connectivity index (χ4n) is 2.22. The lowest BCUT2D eigenvalue weighted by molar-refractivity contribution is -0.146. The van der Waals surface area contributed by atoms with E-state index in [9.17, 15) is 9.59 Å². The molecule has 0 fully saturated rings. The Morgan fingerprint density at radius 3 is 2.63 bits per heavy atom. The molecule has 1 N–H and O–H groups in total. The van der Waals surface area contributed by atoms with Crippen LogP contribution in [0.5, 0.6) is 0 Å². The van der Waals surface area contributed by atoms with Gasteiger partial charge in [-0.05, 0) is 30.0 Å². The number of nitrogens with one attached hydrogen (secondary N) is 1. The molecule has 0 aliphatic heterocycles. The van der Waals surface area contributed by atoms with Crippen LogP contribution >= 0.6 is 11.3 Å². The first kappa shape index (κ1) is 18.5. The second-order valence-corrected chi connectivity index (χ2v) is 6.57. The molecule has 138 valence electrons. The molecule has 0 saturated carbocycles. The summed E-state index contributed by atoms with van der Waals surface area (Å²) < 4.78 is 11.0. The lowest BCUT2D eigenvalue weighted by Gasteiger charge is -2.12. The normalized spacial score (nSPS) is 12.4. The third kappa shape index (κ3) is 4.89. The molecule has 8 heteroatoms. The largest absolute Gasteiger partial charge is 0.448 e. The van der Waals surface area contributed by atoms with Gasteiger partial charge in [-0.2, -0.15) is 0 Å². The van der Waals surface area contributed by atoms with Crippen molar-refractivity contribution in [1.29, 1.82) is 0 Å². The molecule has 2 aromatic heterocycles. The summed E-state index contributed by atoms with van der Waals surface area (Å²) in [4.78, 5) is 24.8. The first-order chi connectivity index (χ1) is 13.0. The van der Waals surface area contributed by atoms with Crippen molar-refractivity contribution in [3.63, 3.8) is 0 Å². The van der Waals surface area contributed by atoms with Gasteiger partial charge in [0.2, 0.25) is 5.91 Å². The van der Waals surface area contributed by atoms with Crippen molar-refractivity contribution in [3.8, 4) is 10.8 Å². The number of thiophene rings is 1. The third-order valence-electron chi connectivity index (χ3n) is 3.45. The fourth-order valence-corrected chi connectivity index (χ4v) is 2.87. The summed E-state index contributed by atoms with van der Waals surface area (Å²) in [6, 6.07) is 12.9. The van der Waals surface area contributed by atoms with Crippen LogP contribution in [0.3, 0.4) is 0 Å². The highest BCUT2D eigenvalue weighted by Crippen LogP contribution is 2.26. The number of benzene rings is 1. The standard InChI is InChI=1S/C19H17N3O4S/c1-12(17-21-22-18(26-17)16-9-6-10-27-16)25-19(24)15(20-13(2)23)11-14-7-4-3-5-8-14/h3-12H,1-2H3,(H,20,23)/b15-11-/t12-/m1/s1. The number of amides is 1. The van der Waals surface area contributed by atoms with Gasteiger partial charge in [0.1, 0.15) is 5.70 Å². The maximum atomic E-state index is 12.5. The van der Waals surface area contributed by atoms with E-state index >= 15 is 0 Å². The summed E-state index contributed by atoms with van der Waals surface area (Å²) in [5, 5.41) is 12.3. The van der Waals surface area contributed by atoms with Gasteiger partial charge in [-0.1, -0.05) is 36.4 Å². The fraction of sp³-hybridized carbons (Fsp3) is 0.158. The average Bonchev–Trinajstić information content (AvgIpc) is 3.33. The van der Waals surface area contributed by atoms with Gasteiger partial charge in [-0.15, -0.1) is 21.5 Å². The van der Waals surface area contributed by atoms with Crippen LogP contribution in [0, 0.1) is 0 Å². The minimum absolute atomic E-state index is 0.0264. The molecule has 2 heterocycles. The Balaban J connectivity index is 1.75. The first-order valence-corrected chi connectivity index (χ1v) is 9.03. The van der Waals surface area contributed by atoms with Crippen molar-refractivity contribution in [2.45, 2.75) is 20.0 Å². The maximum Gasteiger partial charge on any atom is 0.355 e. The first-order valence-electron chi connectivity index (χ1n) is 8.15. The number of hydrogen-bond acceptors (Lipinski definition) is 7. The second-order valence-electron chi connectivity index (χ2n) is 5.62. The summed E-state index contributed by atoms with van der Waals surface area (Å²) in [6.45, 7) is 2.94. The quantitative estimate of drug-likeness (QED) is 0.516. The van der Waals surface area contributed by atoms with Crippen LogP contribution in [0.2, 0.25) is 0 Å². The predicted molar refractivity (Wildman–Crippen MR) is 100 cm³/mol. The zero-order valence-electron chi connectivity index (χ0n) is 14.7. The Hall–Kier alpha value is -3.26. The van der Waals surface area contributed by atoms with E-state index in [1.165, 1.54) is 18.3 Å². The summed E-state index contributed by atoms with van der Waals surface area (Å²) in [5.74, 6) is -0.532. The number of esters is 1. The van der Waals surface area contributed by atoms with Crippen LogP contribution in [-0.4, -0.2) is 22.1 Å². The molecule has 1 atom stereocenters. The Bertz CT molecular complexity index is 949. The minimum Gasteiger partial charge on any atom is -0.448 e. The van der Waals surface area contributed by atoms with Gasteiger partial charge in [0.25, 0.3) is 11.8 Å². The van der Waals surface area contributed by atoms with E-state index in [4.69, 9.17) is 9.15 Å². The van der Waals surface area contributed by atoms with Gasteiger partial charge in [-0.25, -0.2) is 4.79 Å². The van der Waals surface area contributed by atoms with Gasteiger partial charge in [-0.3, -0.25) is 4.79 Å². The van der Waals surface area contributed by atoms with Gasteiger partial charge < -0.3 is 14.5 Å². The van der Waals surface area contributed by atoms with Crippen LogP contribution in [0.15, 0.2) is 58.0 Å². The van der Waals surface area contributed by atoms with E-state index in [0.717, 1.165) is 10.4 Å². The van der Waals surface area contributed by atoms with Crippen LogP contribution in [0.4, 0.5) is 0 Å². The van der Waals surface area contributed by atoms with Gasteiger partial charge >= 0.3 is 5.97 Å². The number of hydrogen-bond donors (Lipinski definition) is 1. The lowest BCUT2D eigenvalue weighted by Crippen LogP contribution is -2.27. The molecule has 3 aromatic rings. The Morgan fingerprint density at radius 2 is 1.96 bits per heavy atom. The van der Waals surface area contributed by atoms with Crippen molar-refractivity contribution in [2.24, 2.45) is 0 Å². The number of ether oxygens (including phenoxy) is 1. The topological polar surface area (TPSA) is 94.3 Å². The summed E-state index contributed by atoms with van der Waals surface area (Å²) in [7, 11) is 0. The van der Waals surface area contributed by atoms with E-state index in [-0.39, 0.29) is 17.5 Å². The monoisotopic (exact) mass is 383 g/mol. The smallest absolute Gasteiger partial charge is 0.355 e. The highest BCUT2D eigenvalue weighted by molar-refractivity contribution is 7.13. The number of nitrogens with zero attached hydrogens (tertiary/aromatic N) is 2. The predicted octanol–water partition coefficient (Wildman–Crippen LogP) is 3.58. The van der Waals surface area contributed by atoms with Crippen molar-refractivity contribution in [1.82, 2.24) is 15.5 Å². The molecule has 0 bridgehead atoms. The molecular formula is C19H17N3O4S. The maximum absolute atomic E-state index is 12.5. The highest BCUT2D eigenvalue weighted by Gasteiger charge is 2.22. The third-order valence-corrected chi connectivity index (χ3v) is 4.30. The number of carbonyl (C=O) groups excluding carboxylic acids is 2. The van der Waals surface area contributed by atoms with E-state index in [1.807, 2.05) is 47.8 Å². The van der Waals surface area contributed by atoms with Crippen molar-refractivity contribution in [2.75, 3.05) is 0 Å². The average molecular weight is 383 g/mol. The molecule has 7 nitrogen and oxygen atoms in total. The van der Waals surface area contributed by atoms with Crippen molar-refractivity contribution in [3.05, 3.63) is 65.0 Å². The number of rotatable bonds is 6. The van der Waals surface area contributed by atoms with Gasteiger partial charge in [0, 0.05) is 6.92 Å². The number of carbonyl (C=O) groups is 2. The van der Waals surface area contributed by atoms with E-state index < -0.39 is 12.1 Å². The van der Waals surface area contributed by atoms with Crippen LogP contribution in [-0.2, 0) is 14.3 Å². The second kappa shape index (κ2) is 8.41. The molecule has 1 aromatic carbocycles. The molecule has 3 rings (SSSR count). The van der Waals surface area contributed by atoms with E-state index in [2.05, 4.69) is 15.5 Å². The Kier molecular flexibility index (Phi) is 5.77. The van der Waals surface area contributed by atoms with Gasteiger partial charge in [0.05, 0.1) is 4.88 Å². The molecular weight excluding hydrogens is 366 g/mol. The minimum atomic E-state index is -0.772. The van der Waals surface area contributed by atoms with Crippen LogP contribution < -0.4 is 5.32 Å². The molecule has 1 amide bonds.